The van der Waals surface area contributed by atoms with Gasteiger partial charge >= 0.3 is 0 Å². The lowest BCUT2D eigenvalue weighted by molar-refractivity contribution is -0.138. The lowest BCUT2D eigenvalue weighted by Gasteiger charge is -2.34. The minimum atomic E-state index is -0.998. The van der Waals surface area contributed by atoms with Gasteiger partial charge in [-0.15, -0.1) is 0 Å². The molecule has 0 aromatic rings. The first-order valence-corrected chi connectivity index (χ1v) is 6.05. The van der Waals surface area contributed by atoms with Crippen LogP contribution >= 0.6 is 0 Å². The van der Waals surface area contributed by atoms with Gasteiger partial charge in [0.2, 0.25) is 11.8 Å². The number of carbonyl (C=O) groups is 2. The molecule has 0 aliphatic carbocycles. The van der Waals surface area contributed by atoms with Gasteiger partial charge in [0.05, 0.1) is 5.41 Å². The molecule has 17 heavy (non-hydrogen) atoms. The highest BCUT2D eigenvalue weighted by molar-refractivity contribution is 5.92. The van der Waals surface area contributed by atoms with Crippen molar-refractivity contribution in [1.29, 1.82) is 0 Å². The van der Waals surface area contributed by atoms with Crippen LogP contribution in [0.3, 0.4) is 0 Å². The minimum absolute atomic E-state index is 0.0821. The first-order chi connectivity index (χ1) is 7.72. The zero-order valence-corrected chi connectivity index (χ0v) is 11.1. The van der Waals surface area contributed by atoms with Crippen molar-refractivity contribution in [2.45, 2.75) is 39.7 Å². The summed E-state index contributed by atoms with van der Waals surface area (Å²) in [6.07, 6.45) is 0.797. The van der Waals surface area contributed by atoms with Gasteiger partial charge in [0.1, 0.15) is 5.54 Å². The summed E-state index contributed by atoms with van der Waals surface area (Å²) in [4.78, 5) is 23.6. The average Bonchev–Trinajstić information content (AvgIpc) is 2.66. The summed E-state index contributed by atoms with van der Waals surface area (Å²) in [7, 11) is 0. The Morgan fingerprint density at radius 2 is 2.00 bits per heavy atom. The van der Waals surface area contributed by atoms with Gasteiger partial charge < -0.3 is 16.4 Å². The van der Waals surface area contributed by atoms with Crippen molar-refractivity contribution in [3.8, 4) is 0 Å². The fourth-order valence-corrected chi connectivity index (χ4v) is 2.13. The van der Waals surface area contributed by atoms with Gasteiger partial charge in [-0.3, -0.25) is 9.59 Å². The Morgan fingerprint density at radius 1 is 1.41 bits per heavy atom. The SMILES string of the molecule is CC(C)C1(C(=O)NC(C)(C)C(N)=O)CCNC1. The smallest absolute Gasteiger partial charge is 0.242 e. The molecule has 0 bridgehead atoms. The zero-order chi connectivity index (χ0) is 13.3. The van der Waals surface area contributed by atoms with E-state index in [0.29, 0.717) is 6.54 Å². The third-order valence-corrected chi connectivity index (χ3v) is 3.79. The molecule has 1 heterocycles. The van der Waals surface area contributed by atoms with Crippen LogP contribution in [0.15, 0.2) is 0 Å². The molecule has 1 aliphatic heterocycles. The van der Waals surface area contributed by atoms with Gasteiger partial charge in [0, 0.05) is 6.54 Å². The van der Waals surface area contributed by atoms with Crippen LogP contribution in [0.2, 0.25) is 0 Å². The van der Waals surface area contributed by atoms with Crippen LogP contribution in [-0.4, -0.2) is 30.4 Å². The standard InChI is InChI=1S/C12H23N3O2/c1-8(2)12(5-6-14-7-12)10(17)15-11(3,4)9(13)16/h8,14H,5-7H2,1-4H3,(H2,13,16)(H,15,17). The molecule has 0 saturated carbocycles. The molecule has 1 saturated heterocycles. The highest BCUT2D eigenvalue weighted by atomic mass is 16.2. The molecule has 0 aromatic carbocycles. The topological polar surface area (TPSA) is 84.2 Å². The number of amides is 2. The molecule has 1 atom stereocenters. The summed E-state index contributed by atoms with van der Waals surface area (Å²) >= 11 is 0. The molecular formula is C12H23N3O2. The van der Waals surface area contributed by atoms with Crippen LogP contribution in [0.1, 0.15) is 34.1 Å². The van der Waals surface area contributed by atoms with Gasteiger partial charge in [-0.2, -0.15) is 0 Å². The van der Waals surface area contributed by atoms with Crippen molar-refractivity contribution in [3.05, 3.63) is 0 Å². The molecule has 5 heteroatoms. The van der Waals surface area contributed by atoms with Crippen LogP contribution in [-0.2, 0) is 9.59 Å². The summed E-state index contributed by atoms with van der Waals surface area (Å²) in [6, 6.07) is 0. The Kier molecular flexibility index (Phi) is 3.81. The van der Waals surface area contributed by atoms with Crippen LogP contribution in [0, 0.1) is 11.3 Å². The molecule has 1 aliphatic rings. The van der Waals surface area contributed by atoms with Crippen molar-refractivity contribution in [2.24, 2.45) is 17.1 Å². The fraction of sp³-hybridized carbons (Fsp3) is 0.833. The molecule has 0 radical (unpaired) electrons. The molecule has 0 spiro atoms. The second kappa shape index (κ2) is 4.64. The predicted octanol–water partition coefficient (Wildman–Crippen LogP) is 0.00220. The molecule has 1 rings (SSSR count). The number of hydrogen-bond donors (Lipinski definition) is 3. The molecule has 1 unspecified atom stereocenters. The van der Waals surface area contributed by atoms with E-state index in [1.807, 2.05) is 13.8 Å². The van der Waals surface area contributed by atoms with E-state index < -0.39 is 16.9 Å². The Hall–Kier alpha value is -1.10. The number of nitrogens with one attached hydrogen (secondary N) is 2. The predicted molar refractivity (Wildman–Crippen MR) is 66.2 cm³/mol. The highest BCUT2D eigenvalue weighted by Crippen LogP contribution is 2.34. The van der Waals surface area contributed by atoms with Crippen molar-refractivity contribution < 1.29 is 9.59 Å². The maximum Gasteiger partial charge on any atom is 0.242 e. The zero-order valence-electron chi connectivity index (χ0n) is 11.1. The summed E-state index contributed by atoms with van der Waals surface area (Å²) in [5.41, 5.74) is 3.84. The first-order valence-electron chi connectivity index (χ1n) is 6.05. The molecule has 4 N–H and O–H groups in total. The Morgan fingerprint density at radius 3 is 2.35 bits per heavy atom. The summed E-state index contributed by atoms with van der Waals surface area (Å²) in [5, 5.41) is 5.98. The third-order valence-electron chi connectivity index (χ3n) is 3.79. The second-order valence-electron chi connectivity index (χ2n) is 5.68. The van der Waals surface area contributed by atoms with E-state index in [0.717, 1.165) is 13.0 Å². The van der Waals surface area contributed by atoms with Gasteiger partial charge in [0.15, 0.2) is 0 Å². The van der Waals surface area contributed by atoms with E-state index in [2.05, 4.69) is 10.6 Å². The van der Waals surface area contributed by atoms with E-state index in [-0.39, 0.29) is 11.8 Å². The summed E-state index contributed by atoms with van der Waals surface area (Å²) < 4.78 is 0. The Bertz CT molecular complexity index is 318. The molecule has 98 valence electrons. The van der Waals surface area contributed by atoms with E-state index in [9.17, 15) is 9.59 Å². The van der Waals surface area contributed by atoms with Gasteiger partial charge in [0.25, 0.3) is 0 Å². The van der Waals surface area contributed by atoms with Gasteiger partial charge in [-0.25, -0.2) is 0 Å². The minimum Gasteiger partial charge on any atom is -0.368 e. The maximum atomic E-state index is 12.4. The molecule has 0 aromatic heterocycles. The normalized spacial score (nSPS) is 25.0. The molecule has 5 nitrogen and oxygen atoms in total. The number of nitrogens with two attached hydrogens (primary N) is 1. The third kappa shape index (κ3) is 2.60. The molecule has 2 amide bonds. The van der Waals surface area contributed by atoms with Gasteiger partial charge in [-0.05, 0) is 32.7 Å². The monoisotopic (exact) mass is 241 g/mol. The first kappa shape index (κ1) is 14.0. The summed E-state index contributed by atoms with van der Waals surface area (Å²) in [5.74, 6) is -0.377. The quantitative estimate of drug-likeness (QED) is 0.648. The lowest BCUT2D eigenvalue weighted by atomic mass is 9.75. The van der Waals surface area contributed by atoms with E-state index in [1.165, 1.54) is 0 Å². The second-order valence-corrected chi connectivity index (χ2v) is 5.68. The van der Waals surface area contributed by atoms with Crippen LogP contribution in [0.5, 0.6) is 0 Å². The van der Waals surface area contributed by atoms with Crippen LogP contribution in [0.25, 0.3) is 0 Å². The van der Waals surface area contributed by atoms with Crippen LogP contribution < -0.4 is 16.4 Å². The summed E-state index contributed by atoms with van der Waals surface area (Å²) in [6.45, 7) is 8.81. The van der Waals surface area contributed by atoms with E-state index in [4.69, 9.17) is 5.73 Å². The Balaban J connectivity index is 2.84. The largest absolute Gasteiger partial charge is 0.368 e. The fourth-order valence-electron chi connectivity index (χ4n) is 2.13. The number of carbonyl (C=O) groups excluding carboxylic acids is 2. The molecule has 1 fully saturated rings. The number of primary amides is 1. The van der Waals surface area contributed by atoms with E-state index in [1.54, 1.807) is 13.8 Å². The number of hydrogen-bond acceptors (Lipinski definition) is 3. The Labute approximate surface area is 103 Å². The average molecular weight is 241 g/mol. The van der Waals surface area contributed by atoms with Crippen molar-refractivity contribution in [2.75, 3.05) is 13.1 Å². The maximum absolute atomic E-state index is 12.4. The van der Waals surface area contributed by atoms with Gasteiger partial charge in [-0.1, -0.05) is 13.8 Å². The van der Waals surface area contributed by atoms with Crippen molar-refractivity contribution >= 4 is 11.8 Å². The molecular weight excluding hydrogens is 218 g/mol. The number of rotatable bonds is 4. The highest BCUT2D eigenvalue weighted by Gasteiger charge is 2.45. The van der Waals surface area contributed by atoms with Crippen molar-refractivity contribution in [3.63, 3.8) is 0 Å². The van der Waals surface area contributed by atoms with Crippen molar-refractivity contribution in [1.82, 2.24) is 10.6 Å². The lowest BCUT2D eigenvalue weighted by Crippen LogP contribution is -2.58. The van der Waals surface area contributed by atoms with Crippen LogP contribution in [0.4, 0.5) is 0 Å². The van der Waals surface area contributed by atoms with E-state index >= 15 is 0 Å².